The predicted molar refractivity (Wildman–Crippen MR) is 122 cm³/mol. The second-order valence-corrected chi connectivity index (χ2v) is 8.34. The van der Waals surface area contributed by atoms with E-state index < -0.39 is 11.4 Å². The van der Waals surface area contributed by atoms with Crippen molar-refractivity contribution in [2.75, 3.05) is 11.9 Å². The number of halogens is 1. The Morgan fingerprint density at radius 2 is 1.97 bits per heavy atom. The molecule has 1 aliphatic heterocycles. The summed E-state index contributed by atoms with van der Waals surface area (Å²) in [6.07, 6.45) is 1.49. The summed E-state index contributed by atoms with van der Waals surface area (Å²) >= 11 is 6.33. The highest BCUT2D eigenvalue weighted by molar-refractivity contribution is 8.26. The molecule has 1 aromatic heterocycles. The topological polar surface area (TPSA) is 79.6 Å². The maximum absolute atomic E-state index is 13.9. The van der Waals surface area contributed by atoms with Gasteiger partial charge in [0, 0.05) is 35.7 Å². The minimum Gasteiger partial charge on any atom is -0.423 e. The molecule has 2 heterocycles. The van der Waals surface area contributed by atoms with Crippen molar-refractivity contribution in [2.24, 2.45) is 0 Å². The Kier molecular flexibility index (Phi) is 5.97. The van der Waals surface area contributed by atoms with E-state index >= 15 is 0 Å². The molecule has 0 unspecified atom stereocenters. The maximum atomic E-state index is 13.9. The Morgan fingerprint density at radius 3 is 2.77 bits per heavy atom. The molecule has 0 atom stereocenters. The first-order chi connectivity index (χ1) is 14.9. The van der Waals surface area contributed by atoms with Crippen LogP contribution in [-0.4, -0.2) is 27.6 Å². The molecule has 6 nitrogen and oxygen atoms in total. The van der Waals surface area contributed by atoms with Crippen molar-refractivity contribution in [3.05, 3.63) is 81.3 Å². The van der Waals surface area contributed by atoms with Gasteiger partial charge in [0.25, 0.3) is 5.91 Å². The van der Waals surface area contributed by atoms with Crippen LogP contribution >= 0.6 is 24.0 Å². The number of fused-ring (bicyclic) bond motifs is 1. The third-order valence-electron chi connectivity index (χ3n) is 4.53. The fraction of sp³-hybridized carbons (Fsp3) is 0.0909. The zero-order valence-electron chi connectivity index (χ0n) is 16.0. The molecule has 31 heavy (non-hydrogen) atoms. The van der Waals surface area contributed by atoms with Gasteiger partial charge in [0.15, 0.2) is 0 Å². The standard InChI is InChI=1S/C22H15FN2O4S2/c23-16-4-2-1-3-13(16)12-18-21(28)25(22(30)31-18)10-9-19(26)24-15-6-7-17-14(11-15)5-8-20(27)29-17/h1-8,11-12H,9-10H2,(H,24,26). The summed E-state index contributed by atoms with van der Waals surface area (Å²) in [7, 11) is 0. The van der Waals surface area contributed by atoms with E-state index in [-0.39, 0.29) is 24.8 Å². The Hall–Kier alpha value is -3.30. The van der Waals surface area contributed by atoms with Crippen LogP contribution in [0.1, 0.15) is 12.0 Å². The summed E-state index contributed by atoms with van der Waals surface area (Å²) in [6, 6.07) is 14.0. The average Bonchev–Trinajstić information content (AvgIpc) is 3.01. The van der Waals surface area contributed by atoms with Crippen molar-refractivity contribution in [1.82, 2.24) is 4.90 Å². The number of carbonyl (C=O) groups is 2. The molecule has 2 aromatic carbocycles. The molecule has 2 amide bonds. The van der Waals surface area contributed by atoms with Crippen LogP contribution in [0, 0.1) is 5.82 Å². The highest BCUT2D eigenvalue weighted by atomic mass is 32.2. The summed E-state index contributed by atoms with van der Waals surface area (Å²) in [5.41, 5.74) is 0.811. The summed E-state index contributed by atoms with van der Waals surface area (Å²) in [4.78, 5) is 37.9. The Morgan fingerprint density at radius 1 is 1.16 bits per heavy atom. The highest BCUT2D eigenvalue weighted by Crippen LogP contribution is 2.33. The van der Waals surface area contributed by atoms with Crippen LogP contribution in [0.4, 0.5) is 10.1 Å². The van der Waals surface area contributed by atoms with Crippen molar-refractivity contribution >= 4 is 62.8 Å². The first kappa shape index (κ1) is 21.0. The van der Waals surface area contributed by atoms with Gasteiger partial charge in [-0.1, -0.05) is 42.2 Å². The number of carbonyl (C=O) groups excluding carboxylic acids is 2. The van der Waals surface area contributed by atoms with E-state index in [9.17, 15) is 18.8 Å². The first-order valence-electron chi connectivity index (χ1n) is 9.24. The molecule has 4 rings (SSSR count). The smallest absolute Gasteiger partial charge is 0.336 e. The van der Waals surface area contributed by atoms with Gasteiger partial charge >= 0.3 is 5.63 Å². The molecule has 0 radical (unpaired) electrons. The van der Waals surface area contributed by atoms with Gasteiger partial charge in [-0.05, 0) is 36.4 Å². The van der Waals surface area contributed by atoms with Crippen molar-refractivity contribution < 1.29 is 18.4 Å². The van der Waals surface area contributed by atoms with E-state index in [0.29, 0.717) is 31.4 Å². The van der Waals surface area contributed by atoms with Crippen LogP contribution in [0.25, 0.3) is 17.0 Å². The molecule has 1 N–H and O–H groups in total. The number of amides is 2. The number of hydrogen-bond donors (Lipinski definition) is 1. The molecule has 156 valence electrons. The molecule has 0 aliphatic carbocycles. The second-order valence-electron chi connectivity index (χ2n) is 6.66. The lowest BCUT2D eigenvalue weighted by molar-refractivity contribution is -0.122. The Labute approximate surface area is 185 Å². The zero-order chi connectivity index (χ0) is 22.0. The maximum Gasteiger partial charge on any atom is 0.336 e. The van der Waals surface area contributed by atoms with Crippen LogP contribution in [0.2, 0.25) is 0 Å². The number of benzene rings is 2. The molecule has 1 aliphatic rings. The Balaban J connectivity index is 1.39. The number of thiocarbonyl (C=S) groups is 1. The number of anilines is 1. The lowest BCUT2D eigenvalue weighted by Gasteiger charge is -2.14. The number of nitrogens with zero attached hydrogens (tertiary/aromatic N) is 1. The summed E-state index contributed by atoms with van der Waals surface area (Å²) in [6.45, 7) is 0.105. The second kappa shape index (κ2) is 8.83. The van der Waals surface area contributed by atoms with Crippen molar-refractivity contribution in [3.63, 3.8) is 0 Å². The van der Waals surface area contributed by atoms with Gasteiger partial charge in [0.1, 0.15) is 15.7 Å². The SMILES string of the molecule is O=C(CCN1C(=O)C(=Cc2ccccc2F)SC1=S)Nc1ccc2oc(=O)ccc2c1. The fourth-order valence-corrected chi connectivity index (χ4v) is 4.31. The van der Waals surface area contributed by atoms with E-state index in [1.807, 2.05) is 0 Å². The van der Waals surface area contributed by atoms with Crippen LogP contribution in [0.15, 0.2) is 68.7 Å². The van der Waals surface area contributed by atoms with Crippen LogP contribution < -0.4 is 10.9 Å². The van der Waals surface area contributed by atoms with E-state index in [1.165, 1.54) is 23.1 Å². The minimum atomic E-state index is -0.447. The average molecular weight is 455 g/mol. The predicted octanol–water partition coefficient (Wildman–Crippen LogP) is 4.16. The van der Waals surface area contributed by atoms with E-state index in [2.05, 4.69) is 5.32 Å². The summed E-state index contributed by atoms with van der Waals surface area (Å²) in [5.74, 6) is -1.09. The van der Waals surface area contributed by atoms with E-state index in [1.54, 1.807) is 42.5 Å². The quantitative estimate of drug-likeness (QED) is 0.354. The zero-order valence-corrected chi connectivity index (χ0v) is 17.6. The van der Waals surface area contributed by atoms with E-state index in [0.717, 1.165) is 11.8 Å². The van der Waals surface area contributed by atoms with Crippen molar-refractivity contribution in [1.29, 1.82) is 0 Å². The van der Waals surface area contributed by atoms with Crippen LogP contribution in [0.3, 0.4) is 0 Å². The molecule has 3 aromatic rings. The largest absolute Gasteiger partial charge is 0.423 e. The monoisotopic (exact) mass is 454 g/mol. The lowest BCUT2D eigenvalue weighted by atomic mass is 10.2. The number of thioether (sulfide) groups is 1. The van der Waals surface area contributed by atoms with Gasteiger partial charge in [-0.2, -0.15) is 0 Å². The lowest BCUT2D eigenvalue weighted by Crippen LogP contribution is -2.31. The normalized spacial score (nSPS) is 15.1. The number of hydrogen-bond acceptors (Lipinski definition) is 6. The van der Waals surface area contributed by atoms with Crippen LogP contribution in [0.5, 0.6) is 0 Å². The van der Waals surface area contributed by atoms with Crippen molar-refractivity contribution in [2.45, 2.75) is 6.42 Å². The molecular weight excluding hydrogens is 439 g/mol. The van der Waals surface area contributed by atoms with E-state index in [4.69, 9.17) is 16.6 Å². The molecule has 0 saturated carbocycles. The van der Waals surface area contributed by atoms with Gasteiger partial charge in [-0.3, -0.25) is 14.5 Å². The molecular formula is C22H15FN2O4S2. The molecule has 0 spiro atoms. The van der Waals surface area contributed by atoms with Crippen LogP contribution in [-0.2, 0) is 9.59 Å². The van der Waals surface area contributed by atoms with Gasteiger partial charge in [-0.15, -0.1) is 0 Å². The third kappa shape index (κ3) is 4.73. The van der Waals surface area contributed by atoms with Gasteiger partial charge < -0.3 is 9.73 Å². The minimum absolute atomic E-state index is 0.0291. The molecule has 1 fully saturated rings. The molecule has 0 bridgehead atoms. The van der Waals surface area contributed by atoms with Crippen molar-refractivity contribution in [3.8, 4) is 0 Å². The number of rotatable bonds is 5. The van der Waals surface area contributed by atoms with Gasteiger partial charge in [0.05, 0.1) is 4.91 Å². The highest BCUT2D eigenvalue weighted by Gasteiger charge is 2.32. The number of nitrogens with one attached hydrogen (secondary N) is 1. The molecule has 1 saturated heterocycles. The first-order valence-corrected chi connectivity index (χ1v) is 10.5. The molecule has 9 heteroatoms. The fourth-order valence-electron chi connectivity index (χ4n) is 3.01. The summed E-state index contributed by atoms with van der Waals surface area (Å²) in [5, 5.41) is 3.42. The summed E-state index contributed by atoms with van der Waals surface area (Å²) < 4.78 is 19.2. The third-order valence-corrected chi connectivity index (χ3v) is 5.91. The Bertz CT molecular complexity index is 1300. The van der Waals surface area contributed by atoms with Gasteiger partial charge in [0.2, 0.25) is 5.91 Å². The van der Waals surface area contributed by atoms with Gasteiger partial charge in [-0.25, -0.2) is 9.18 Å².